The molecule has 4 aromatic rings. The fourth-order valence-corrected chi connectivity index (χ4v) is 4.61. The number of aromatic nitrogens is 4. The van der Waals surface area contributed by atoms with Gasteiger partial charge in [0.1, 0.15) is 17.2 Å². The van der Waals surface area contributed by atoms with E-state index in [1.807, 2.05) is 29.8 Å². The number of carbonyl (C=O) groups is 1. The molecule has 0 saturated carbocycles. The van der Waals surface area contributed by atoms with Gasteiger partial charge in [0.15, 0.2) is 5.13 Å². The minimum absolute atomic E-state index is 0.220. The maximum atomic E-state index is 12.7. The first kappa shape index (κ1) is 19.7. The number of imidazole rings is 1. The molecule has 4 heterocycles. The highest BCUT2D eigenvalue weighted by atomic mass is 32.1. The third-order valence-electron chi connectivity index (χ3n) is 5.95. The summed E-state index contributed by atoms with van der Waals surface area (Å²) >= 11 is 1.38. The van der Waals surface area contributed by atoms with E-state index in [4.69, 9.17) is 4.98 Å². The maximum Gasteiger partial charge on any atom is 0.259 e. The Morgan fingerprint density at radius 2 is 2.10 bits per heavy atom. The van der Waals surface area contributed by atoms with Gasteiger partial charge in [0.05, 0.1) is 11.1 Å². The maximum absolute atomic E-state index is 12.7. The van der Waals surface area contributed by atoms with Crippen LogP contribution in [0.5, 0.6) is 0 Å². The van der Waals surface area contributed by atoms with Gasteiger partial charge in [-0.1, -0.05) is 19.4 Å². The van der Waals surface area contributed by atoms with Crippen LogP contribution in [0.15, 0.2) is 48.1 Å². The van der Waals surface area contributed by atoms with Crippen molar-refractivity contribution in [2.75, 3.05) is 23.3 Å². The number of anilines is 2. The minimum Gasteiger partial charge on any atom is -0.357 e. The Morgan fingerprint density at radius 3 is 2.81 bits per heavy atom. The van der Waals surface area contributed by atoms with Crippen LogP contribution >= 0.6 is 11.3 Å². The second-order valence-electron chi connectivity index (χ2n) is 7.82. The predicted octanol–water partition coefficient (Wildman–Crippen LogP) is 4.96. The number of nitrogens with one attached hydrogen (secondary N) is 2. The van der Waals surface area contributed by atoms with Crippen LogP contribution in [0.1, 0.15) is 36.5 Å². The van der Waals surface area contributed by atoms with Crippen molar-refractivity contribution < 1.29 is 4.79 Å². The van der Waals surface area contributed by atoms with Crippen molar-refractivity contribution in [2.45, 2.75) is 26.2 Å². The smallest absolute Gasteiger partial charge is 0.259 e. The molecule has 1 fully saturated rings. The normalized spacial score (nSPS) is 14.8. The van der Waals surface area contributed by atoms with Crippen LogP contribution in [0, 0.1) is 5.92 Å². The van der Waals surface area contributed by atoms with Crippen molar-refractivity contribution in [3.8, 4) is 11.4 Å². The van der Waals surface area contributed by atoms with Gasteiger partial charge in [-0.25, -0.2) is 15.0 Å². The molecule has 2 N–H and O–H groups in total. The quantitative estimate of drug-likeness (QED) is 0.465. The number of nitrogens with zero attached hydrogens (tertiary/aromatic N) is 4. The summed E-state index contributed by atoms with van der Waals surface area (Å²) in [6.07, 6.45) is 7.24. The lowest BCUT2D eigenvalue weighted by Gasteiger charge is -2.32. The van der Waals surface area contributed by atoms with Crippen LogP contribution in [-0.2, 0) is 0 Å². The van der Waals surface area contributed by atoms with Gasteiger partial charge < -0.3 is 9.88 Å². The average Bonchev–Trinajstić information content (AvgIpc) is 3.49. The summed E-state index contributed by atoms with van der Waals surface area (Å²) < 4.78 is 0. The first-order chi connectivity index (χ1) is 15.2. The number of thiazole rings is 1. The molecule has 158 valence electrons. The average molecular weight is 433 g/mol. The van der Waals surface area contributed by atoms with E-state index >= 15 is 0 Å². The summed E-state index contributed by atoms with van der Waals surface area (Å²) in [6.45, 7) is 4.40. The monoisotopic (exact) mass is 432 g/mol. The van der Waals surface area contributed by atoms with Crippen LogP contribution in [0.3, 0.4) is 0 Å². The Kier molecular flexibility index (Phi) is 5.38. The number of amides is 1. The molecule has 1 saturated heterocycles. The number of aromatic amines is 1. The van der Waals surface area contributed by atoms with Gasteiger partial charge in [0.2, 0.25) is 0 Å². The number of benzene rings is 1. The molecule has 0 atom stereocenters. The zero-order valence-corrected chi connectivity index (χ0v) is 18.2. The molecular weight excluding hydrogens is 408 g/mol. The first-order valence-electron chi connectivity index (χ1n) is 10.6. The van der Waals surface area contributed by atoms with E-state index in [1.54, 1.807) is 12.3 Å². The van der Waals surface area contributed by atoms with E-state index in [0.717, 1.165) is 35.9 Å². The highest BCUT2D eigenvalue weighted by molar-refractivity contribution is 7.13. The number of pyridine rings is 1. The molecule has 7 nitrogen and oxygen atoms in total. The highest BCUT2D eigenvalue weighted by Gasteiger charge is 2.19. The summed E-state index contributed by atoms with van der Waals surface area (Å²) in [7, 11) is 0. The fraction of sp³-hybridized carbons (Fsp3) is 0.304. The van der Waals surface area contributed by atoms with Gasteiger partial charge in [0, 0.05) is 36.4 Å². The lowest BCUT2D eigenvalue weighted by atomic mass is 9.94. The number of fused-ring (bicyclic) bond motifs is 1. The molecule has 31 heavy (non-hydrogen) atoms. The first-order valence-corrected chi connectivity index (χ1v) is 11.5. The minimum atomic E-state index is -0.220. The van der Waals surface area contributed by atoms with E-state index in [9.17, 15) is 4.79 Å². The van der Waals surface area contributed by atoms with Crippen LogP contribution in [0.4, 0.5) is 10.9 Å². The summed E-state index contributed by atoms with van der Waals surface area (Å²) in [6, 6.07) is 9.65. The molecule has 0 spiro atoms. The summed E-state index contributed by atoms with van der Waals surface area (Å²) in [5, 5.41) is 5.22. The topological polar surface area (TPSA) is 86.8 Å². The molecule has 0 bridgehead atoms. The van der Waals surface area contributed by atoms with Crippen LogP contribution in [-0.4, -0.2) is 38.9 Å². The Labute approximate surface area is 184 Å². The van der Waals surface area contributed by atoms with Crippen molar-refractivity contribution in [3.05, 3.63) is 53.7 Å². The molecule has 1 aliphatic heterocycles. The van der Waals surface area contributed by atoms with Gasteiger partial charge >= 0.3 is 0 Å². The number of para-hydroxylation sites is 1. The molecule has 1 aliphatic rings. The molecule has 5 rings (SSSR count). The molecule has 0 aliphatic carbocycles. The van der Waals surface area contributed by atoms with Crippen molar-refractivity contribution in [2.24, 2.45) is 5.92 Å². The van der Waals surface area contributed by atoms with Gasteiger partial charge in [-0.15, -0.1) is 11.3 Å². The van der Waals surface area contributed by atoms with Crippen molar-refractivity contribution in [3.63, 3.8) is 0 Å². The molecule has 0 radical (unpaired) electrons. The number of rotatable bonds is 5. The van der Waals surface area contributed by atoms with Gasteiger partial charge in [-0.2, -0.15) is 0 Å². The Balaban J connectivity index is 1.37. The lowest BCUT2D eigenvalue weighted by Crippen LogP contribution is -2.33. The Hall–Kier alpha value is -3.26. The number of hydrogen-bond donors (Lipinski definition) is 2. The van der Waals surface area contributed by atoms with Gasteiger partial charge in [-0.3, -0.25) is 10.1 Å². The molecule has 8 heteroatoms. The number of carbonyl (C=O) groups excluding carboxylic acids is 1. The van der Waals surface area contributed by atoms with Crippen molar-refractivity contribution in [1.29, 1.82) is 0 Å². The number of piperidine rings is 1. The van der Waals surface area contributed by atoms with Crippen LogP contribution in [0.2, 0.25) is 0 Å². The molecule has 0 unspecified atom stereocenters. The van der Waals surface area contributed by atoms with E-state index in [0.29, 0.717) is 22.0 Å². The molecule has 3 aromatic heterocycles. The standard InChI is InChI=1S/C23H24N6OS/c1-2-15-8-11-29(12-9-15)19-7-6-16(14-25-19)21-26-18-5-3-4-17(20(18)27-21)22(30)28-23-24-10-13-31-23/h3-7,10,13-15H,2,8-9,11-12H2,1H3,(H,26,27)(H,24,28,30). The van der Waals surface area contributed by atoms with E-state index in [2.05, 4.69) is 38.2 Å². The van der Waals surface area contributed by atoms with E-state index in [-0.39, 0.29) is 5.91 Å². The van der Waals surface area contributed by atoms with Crippen molar-refractivity contribution in [1.82, 2.24) is 19.9 Å². The van der Waals surface area contributed by atoms with E-state index in [1.165, 1.54) is 30.6 Å². The highest BCUT2D eigenvalue weighted by Crippen LogP contribution is 2.27. The summed E-state index contributed by atoms with van der Waals surface area (Å²) in [4.78, 5) is 31.9. The third-order valence-corrected chi connectivity index (χ3v) is 6.64. The van der Waals surface area contributed by atoms with Gasteiger partial charge in [0.25, 0.3) is 5.91 Å². The second-order valence-corrected chi connectivity index (χ2v) is 8.72. The summed E-state index contributed by atoms with van der Waals surface area (Å²) in [5.74, 6) is 2.33. The zero-order valence-electron chi connectivity index (χ0n) is 17.3. The number of H-pyrrole nitrogens is 1. The predicted molar refractivity (Wildman–Crippen MR) is 125 cm³/mol. The van der Waals surface area contributed by atoms with Crippen LogP contribution in [0.25, 0.3) is 22.4 Å². The van der Waals surface area contributed by atoms with Crippen LogP contribution < -0.4 is 10.2 Å². The number of hydrogen-bond acceptors (Lipinski definition) is 6. The summed E-state index contributed by atoms with van der Waals surface area (Å²) in [5.41, 5.74) is 2.86. The van der Waals surface area contributed by atoms with Gasteiger partial charge in [-0.05, 0) is 43.0 Å². The fourth-order valence-electron chi connectivity index (χ4n) is 4.09. The van der Waals surface area contributed by atoms with Crippen molar-refractivity contribution >= 4 is 39.2 Å². The largest absolute Gasteiger partial charge is 0.357 e. The Morgan fingerprint density at radius 1 is 1.23 bits per heavy atom. The molecule has 1 aromatic carbocycles. The third kappa shape index (κ3) is 4.03. The molecule has 1 amide bonds. The second kappa shape index (κ2) is 8.47. The van der Waals surface area contributed by atoms with E-state index < -0.39 is 0 Å². The molecular formula is C23H24N6OS. The SMILES string of the molecule is CCC1CCN(c2ccc(-c3nc4c(C(=O)Nc5nccs5)cccc4[nH]3)cn2)CC1. The zero-order chi connectivity index (χ0) is 21.2. The lowest BCUT2D eigenvalue weighted by molar-refractivity contribution is 0.102. The Bertz CT molecular complexity index is 1180.